The summed E-state index contributed by atoms with van der Waals surface area (Å²) in [5.74, 6) is 0.0484. The van der Waals surface area contributed by atoms with Crippen molar-refractivity contribution in [1.82, 2.24) is 5.32 Å². The Balaban J connectivity index is 1.68. The molecule has 3 aliphatic rings. The van der Waals surface area contributed by atoms with Gasteiger partial charge in [-0.15, -0.1) is 0 Å². The molecular weight excluding hydrogens is 250 g/mol. The smallest absolute Gasteiger partial charge is 0.252 e. The molecule has 0 aromatic heterocycles. The highest BCUT2D eigenvalue weighted by Crippen LogP contribution is 2.31. The minimum Gasteiger partial charge on any atom is -0.348 e. The van der Waals surface area contributed by atoms with Crippen molar-refractivity contribution < 1.29 is 13.2 Å². The Morgan fingerprint density at radius 1 is 1.28 bits per heavy atom. The molecule has 1 aliphatic heterocycles. The third-order valence-electron chi connectivity index (χ3n) is 3.38. The molecule has 1 amide bonds. The van der Waals surface area contributed by atoms with E-state index in [4.69, 9.17) is 0 Å². The van der Waals surface area contributed by atoms with Crippen LogP contribution in [0.1, 0.15) is 6.42 Å². The van der Waals surface area contributed by atoms with Crippen molar-refractivity contribution in [3.63, 3.8) is 0 Å². The molecular formula is C13H13NO3S. The molecule has 1 unspecified atom stereocenters. The van der Waals surface area contributed by atoms with E-state index in [1.165, 1.54) is 0 Å². The minimum atomic E-state index is -2.96. The Hall–Kier alpha value is -1.62. The summed E-state index contributed by atoms with van der Waals surface area (Å²) >= 11 is 0. The fraction of sp³-hybridized carbons (Fsp3) is 0.308. The molecule has 1 saturated heterocycles. The van der Waals surface area contributed by atoms with Gasteiger partial charge < -0.3 is 5.32 Å². The number of amides is 1. The van der Waals surface area contributed by atoms with Gasteiger partial charge in [0.05, 0.1) is 11.5 Å². The molecule has 4 nitrogen and oxygen atoms in total. The number of rotatable bonds is 2. The van der Waals surface area contributed by atoms with Gasteiger partial charge in [0.25, 0.3) is 5.91 Å². The predicted octanol–water partition coefficient (Wildman–Crippen LogP) is 0.652. The Bertz CT molecular complexity index is 635. The molecule has 0 saturated carbocycles. The maximum absolute atomic E-state index is 12.1. The monoisotopic (exact) mass is 263 g/mol. The summed E-state index contributed by atoms with van der Waals surface area (Å²) in [6.07, 6.45) is 9.95. The summed E-state index contributed by atoms with van der Waals surface area (Å²) in [4.78, 5) is 12.1. The van der Waals surface area contributed by atoms with Gasteiger partial charge in [-0.05, 0) is 23.6 Å². The molecule has 0 bridgehead atoms. The number of sulfone groups is 1. The van der Waals surface area contributed by atoms with E-state index in [9.17, 15) is 13.2 Å². The summed E-state index contributed by atoms with van der Waals surface area (Å²) < 4.78 is 22.7. The van der Waals surface area contributed by atoms with Crippen LogP contribution in [-0.4, -0.2) is 31.9 Å². The van der Waals surface area contributed by atoms with Crippen LogP contribution in [0.15, 0.2) is 47.1 Å². The van der Waals surface area contributed by atoms with Crippen molar-refractivity contribution in [2.24, 2.45) is 0 Å². The highest BCUT2D eigenvalue weighted by molar-refractivity contribution is 7.91. The maximum atomic E-state index is 12.1. The first-order chi connectivity index (χ1) is 8.55. The summed E-state index contributed by atoms with van der Waals surface area (Å²) in [6.45, 7) is 0. The van der Waals surface area contributed by atoms with Gasteiger partial charge in [-0.25, -0.2) is 8.42 Å². The lowest BCUT2D eigenvalue weighted by molar-refractivity contribution is -0.117. The molecule has 18 heavy (non-hydrogen) atoms. The van der Waals surface area contributed by atoms with Gasteiger partial charge in [0, 0.05) is 11.6 Å². The van der Waals surface area contributed by atoms with Crippen molar-refractivity contribution >= 4 is 15.7 Å². The van der Waals surface area contributed by atoms with E-state index in [0.717, 1.165) is 11.1 Å². The molecule has 1 fully saturated rings. The van der Waals surface area contributed by atoms with Gasteiger partial charge in [-0.3, -0.25) is 4.79 Å². The van der Waals surface area contributed by atoms with Crippen molar-refractivity contribution in [3.8, 4) is 0 Å². The average molecular weight is 263 g/mol. The summed E-state index contributed by atoms with van der Waals surface area (Å²) in [5.41, 5.74) is 2.59. The zero-order chi connectivity index (χ0) is 12.8. The second kappa shape index (κ2) is 3.95. The van der Waals surface area contributed by atoms with E-state index in [2.05, 4.69) is 5.32 Å². The van der Waals surface area contributed by atoms with Gasteiger partial charge in [-0.2, -0.15) is 0 Å². The summed E-state index contributed by atoms with van der Waals surface area (Å²) in [7, 11) is -2.96. The Kier molecular flexibility index (Phi) is 2.52. The van der Waals surface area contributed by atoms with E-state index in [-0.39, 0.29) is 23.5 Å². The lowest BCUT2D eigenvalue weighted by Crippen LogP contribution is -2.36. The van der Waals surface area contributed by atoms with Crippen LogP contribution in [0.3, 0.4) is 0 Å². The van der Waals surface area contributed by atoms with Crippen LogP contribution in [-0.2, 0) is 14.6 Å². The molecule has 3 rings (SSSR count). The topological polar surface area (TPSA) is 63.2 Å². The van der Waals surface area contributed by atoms with Crippen molar-refractivity contribution in [2.75, 3.05) is 11.5 Å². The van der Waals surface area contributed by atoms with E-state index in [1.54, 1.807) is 6.08 Å². The SMILES string of the molecule is O=C(NC1CCS(=O)(=O)C1)C1=CC=C2C=CC=C21. The van der Waals surface area contributed by atoms with Gasteiger partial charge >= 0.3 is 0 Å². The maximum Gasteiger partial charge on any atom is 0.252 e. The number of carbonyl (C=O) groups is 1. The van der Waals surface area contributed by atoms with Crippen molar-refractivity contribution in [1.29, 1.82) is 0 Å². The first-order valence-corrected chi connectivity index (χ1v) is 7.70. The minimum absolute atomic E-state index is 0.0591. The van der Waals surface area contributed by atoms with Crippen LogP contribution in [0, 0.1) is 0 Å². The number of hydrogen-bond donors (Lipinski definition) is 1. The molecule has 0 spiro atoms. The molecule has 5 heteroatoms. The van der Waals surface area contributed by atoms with E-state index in [0.29, 0.717) is 12.0 Å². The number of hydrogen-bond acceptors (Lipinski definition) is 3. The second-order valence-electron chi connectivity index (χ2n) is 4.72. The van der Waals surface area contributed by atoms with E-state index >= 15 is 0 Å². The molecule has 0 aromatic carbocycles. The molecule has 0 radical (unpaired) electrons. The lowest BCUT2D eigenvalue weighted by Gasteiger charge is -2.12. The van der Waals surface area contributed by atoms with Gasteiger partial charge in [0.1, 0.15) is 0 Å². The fourth-order valence-corrected chi connectivity index (χ4v) is 4.13. The lowest BCUT2D eigenvalue weighted by atomic mass is 10.1. The first-order valence-electron chi connectivity index (χ1n) is 5.87. The van der Waals surface area contributed by atoms with E-state index in [1.807, 2.05) is 24.3 Å². The largest absolute Gasteiger partial charge is 0.348 e. The highest BCUT2D eigenvalue weighted by atomic mass is 32.2. The van der Waals surface area contributed by atoms with E-state index < -0.39 is 9.84 Å². The quantitative estimate of drug-likeness (QED) is 0.795. The molecule has 0 aromatic rings. The third kappa shape index (κ3) is 1.95. The van der Waals surface area contributed by atoms with Gasteiger partial charge in [0.2, 0.25) is 0 Å². The Labute approximate surface area is 106 Å². The molecule has 2 aliphatic carbocycles. The Morgan fingerprint density at radius 3 is 2.83 bits per heavy atom. The van der Waals surface area contributed by atoms with Crippen LogP contribution in [0.4, 0.5) is 0 Å². The van der Waals surface area contributed by atoms with Crippen LogP contribution < -0.4 is 5.32 Å². The standard InChI is InChI=1S/C13H13NO3S/c15-13(14-10-6-7-18(16,17)8-10)12-5-4-9-2-1-3-11(9)12/h1-5,10H,6-8H2,(H,14,15). The average Bonchev–Trinajstić information content (AvgIpc) is 2.92. The molecule has 1 heterocycles. The van der Waals surface area contributed by atoms with Gasteiger partial charge in [0.15, 0.2) is 9.84 Å². The normalized spacial score (nSPS) is 27.6. The summed E-state index contributed by atoms with van der Waals surface area (Å²) in [6, 6.07) is -0.248. The number of carbonyl (C=O) groups excluding carboxylic acids is 1. The highest BCUT2D eigenvalue weighted by Gasteiger charge is 2.31. The third-order valence-corrected chi connectivity index (χ3v) is 5.15. The molecule has 94 valence electrons. The van der Waals surface area contributed by atoms with Crippen LogP contribution in [0.5, 0.6) is 0 Å². The van der Waals surface area contributed by atoms with Crippen LogP contribution >= 0.6 is 0 Å². The molecule has 1 N–H and O–H groups in total. The number of nitrogens with one attached hydrogen (secondary N) is 1. The predicted molar refractivity (Wildman–Crippen MR) is 68.6 cm³/mol. The zero-order valence-electron chi connectivity index (χ0n) is 9.72. The van der Waals surface area contributed by atoms with Gasteiger partial charge in [-0.1, -0.05) is 24.3 Å². The van der Waals surface area contributed by atoms with Crippen LogP contribution in [0.25, 0.3) is 0 Å². The van der Waals surface area contributed by atoms with Crippen molar-refractivity contribution in [3.05, 3.63) is 47.1 Å². The zero-order valence-corrected chi connectivity index (χ0v) is 10.5. The number of fused-ring (bicyclic) bond motifs is 1. The first kappa shape index (κ1) is 11.5. The summed E-state index contributed by atoms with van der Waals surface area (Å²) in [5, 5.41) is 2.80. The number of allylic oxidation sites excluding steroid dienone is 6. The Morgan fingerprint density at radius 2 is 2.11 bits per heavy atom. The fourth-order valence-electron chi connectivity index (χ4n) is 2.46. The second-order valence-corrected chi connectivity index (χ2v) is 6.94. The van der Waals surface area contributed by atoms with Crippen molar-refractivity contribution in [2.45, 2.75) is 12.5 Å². The molecule has 1 atom stereocenters. The van der Waals surface area contributed by atoms with Crippen LogP contribution in [0.2, 0.25) is 0 Å².